The van der Waals surface area contributed by atoms with Crippen LogP contribution in [0.2, 0.25) is 0 Å². The van der Waals surface area contributed by atoms with Gasteiger partial charge >= 0.3 is 6.18 Å². The number of rotatable bonds is 8. The van der Waals surface area contributed by atoms with Crippen LogP contribution in [0.4, 0.5) is 13.2 Å². The predicted molar refractivity (Wildman–Crippen MR) is 116 cm³/mol. The van der Waals surface area contributed by atoms with E-state index < -0.39 is 22.8 Å². The van der Waals surface area contributed by atoms with E-state index >= 15 is 0 Å². The van der Waals surface area contributed by atoms with Gasteiger partial charge in [0.25, 0.3) is 0 Å². The fourth-order valence-corrected chi connectivity index (χ4v) is 4.21. The third-order valence-electron chi connectivity index (χ3n) is 4.10. The van der Waals surface area contributed by atoms with Gasteiger partial charge < -0.3 is 15.4 Å². The lowest BCUT2D eigenvalue weighted by atomic mass is 10.1. The van der Waals surface area contributed by atoms with Gasteiger partial charge in [0.05, 0.1) is 12.4 Å². The summed E-state index contributed by atoms with van der Waals surface area (Å²) in [6, 6.07) is 7.01. The normalized spacial score (nSPS) is 17.0. The highest BCUT2D eigenvalue weighted by Crippen LogP contribution is 2.16. The Morgan fingerprint density at radius 2 is 1.86 bits per heavy atom. The topological polar surface area (TPSA) is 83.0 Å². The first kappa shape index (κ1) is 25.9. The van der Waals surface area contributed by atoms with Crippen molar-refractivity contribution in [2.75, 3.05) is 39.0 Å². The summed E-state index contributed by atoms with van der Waals surface area (Å²) < 4.78 is 65.8. The molecule has 1 aliphatic heterocycles. The Labute approximate surface area is 186 Å². The van der Waals surface area contributed by atoms with Crippen LogP contribution in [0.25, 0.3) is 0 Å². The summed E-state index contributed by atoms with van der Waals surface area (Å²) in [7, 11) is -1.49. The molecule has 1 aromatic carbocycles. The number of benzene rings is 1. The number of hydrogen-bond donors (Lipinski definition) is 2. The van der Waals surface area contributed by atoms with Gasteiger partial charge in [0, 0.05) is 33.2 Å². The van der Waals surface area contributed by atoms with Crippen LogP contribution in [0.5, 0.6) is 0 Å². The van der Waals surface area contributed by atoms with Gasteiger partial charge in [0.2, 0.25) is 10.0 Å². The molecule has 0 unspecified atom stereocenters. The lowest BCUT2D eigenvalue weighted by molar-refractivity contribution is -0.176. The minimum atomic E-state index is -4.33. The monoisotopic (exact) mass is 550 g/mol. The van der Waals surface area contributed by atoms with Gasteiger partial charge in [-0.1, -0.05) is 24.3 Å². The molecule has 0 aliphatic carbocycles. The van der Waals surface area contributed by atoms with Crippen LogP contribution < -0.4 is 10.6 Å². The molecule has 0 spiro atoms. The van der Waals surface area contributed by atoms with E-state index in [2.05, 4.69) is 20.4 Å². The Balaban J connectivity index is 0.00000420. The zero-order valence-corrected chi connectivity index (χ0v) is 19.2. The lowest BCUT2D eigenvalue weighted by Crippen LogP contribution is -2.41. The number of halogens is 4. The molecule has 0 aromatic heterocycles. The number of guanidine groups is 1. The molecule has 1 saturated heterocycles. The first-order valence-corrected chi connectivity index (χ1v) is 10.5. The minimum absolute atomic E-state index is 0. The van der Waals surface area contributed by atoms with Crippen LogP contribution in [0.3, 0.4) is 0 Å². The maximum atomic E-state index is 12.1. The Morgan fingerprint density at radius 1 is 1.21 bits per heavy atom. The average molecular weight is 550 g/mol. The molecule has 1 heterocycles. The molecule has 0 saturated carbocycles. The van der Waals surface area contributed by atoms with Crippen molar-refractivity contribution in [3.05, 3.63) is 35.4 Å². The summed E-state index contributed by atoms with van der Waals surface area (Å²) in [5.74, 6) is 0.742. The molecule has 0 bridgehead atoms. The number of sulfonamides is 1. The summed E-state index contributed by atoms with van der Waals surface area (Å²) in [5.41, 5.74) is 1.58. The van der Waals surface area contributed by atoms with Gasteiger partial charge in [-0.3, -0.25) is 4.99 Å². The highest BCUT2D eigenvalue weighted by Gasteiger charge is 2.28. The number of nitrogens with one attached hydrogen (secondary N) is 2. The molecular formula is C17H26F3IN4O3S. The average Bonchev–Trinajstić information content (AvgIpc) is 2.96. The molecule has 0 radical (unpaired) electrons. The van der Waals surface area contributed by atoms with Crippen molar-refractivity contribution in [2.24, 2.45) is 4.99 Å². The van der Waals surface area contributed by atoms with Crippen LogP contribution in [-0.2, 0) is 27.9 Å². The second-order valence-electron chi connectivity index (χ2n) is 6.35. The van der Waals surface area contributed by atoms with Gasteiger partial charge in [-0.25, -0.2) is 12.7 Å². The third-order valence-corrected chi connectivity index (χ3v) is 6.05. The van der Waals surface area contributed by atoms with E-state index in [9.17, 15) is 21.6 Å². The Hall–Kier alpha value is -1.12. The number of nitrogens with zero attached hydrogens (tertiary/aromatic N) is 2. The molecule has 7 nitrogen and oxygen atoms in total. The smallest absolute Gasteiger partial charge is 0.367 e. The number of ether oxygens (including phenoxy) is 1. The van der Waals surface area contributed by atoms with Gasteiger partial charge in [-0.2, -0.15) is 13.2 Å². The molecule has 29 heavy (non-hydrogen) atoms. The first-order valence-electron chi connectivity index (χ1n) is 8.84. The summed E-state index contributed by atoms with van der Waals surface area (Å²) in [5, 5.41) is 6.17. The van der Waals surface area contributed by atoms with Crippen molar-refractivity contribution < 1.29 is 26.3 Å². The number of aliphatic imine (C=N–C) groups is 1. The van der Waals surface area contributed by atoms with Crippen molar-refractivity contribution in [1.29, 1.82) is 0 Å². The second kappa shape index (κ2) is 11.9. The molecule has 0 amide bonds. The minimum Gasteiger partial charge on any atom is -0.367 e. The van der Waals surface area contributed by atoms with Crippen molar-refractivity contribution in [3.8, 4) is 0 Å². The second-order valence-corrected chi connectivity index (χ2v) is 8.43. The summed E-state index contributed by atoms with van der Waals surface area (Å²) in [6.45, 7) is 0.470. The van der Waals surface area contributed by atoms with Gasteiger partial charge in [-0.05, 0) is 17.5 Å². The first-order chi connectivity index (χ1) is 13.2. The molecule has 1 aromatic rings. The zero-order chi connectivity index (χ0) is 20.6. The van der Waals surface area contributed by atoms with Gasteiger partial charge in [0.1, 0.15) is 6.61 Å². The van der Waals surface area contributed by atoms with Crippen LogP contribution in [0.15, 0.2) is 29.3 Å². The molecule has 2 rings (SSSR count). The standard InChI is InChI=1S/C17H25F3N4O3S.HI/c1-21-16(22-7-9-24-8-2-10-28(24,25)26)23-11-14-3-5-15(6-4-14)12-27-13-17(18,19)20;/h3-6H,2,7-13H2,1H3,(H2,21,22,23);1H. The number of alkyl halides is 3. The molecule has 1 fully saturated rings. The van der Waals surface area contributed by atoms with Crippen molar-refractivity contribution in [3.63, 3.8) is 0 Å². The van der Waals surface area contributed by atoms with E-state index in [-0.39, 0.29) is 36.3 Å². The number of hydrogen-bond acceptors (Lipinski definition) is 4. The van der Waals surface area contributed by atoms with E-state index in [0.717, 1.165) is 5.56 Å². The van der Waals surface area contributed by atoms with Crippen LogP contribution in [0, 0.1) is 0 Å². The van der Waals surface area contributed by atoms with Gasteiger partial charge in [0.15, 0.2) is 5.96 Å². The van der Waals surface area contributed by atoms with Crippen molar-refractivity contribution in [2.45, 2.75) is 25.7 Å². The largest absolute Gasteiger partial charge is 0.411 e. The van der Waals surface area contributed by atoms with Crippen molar-refractivity contribution >= 4 is 40.0 Å². The summed E-state index contributed by atoms with van der Waals surface area (Å²) >= 11 is 0. The van der Waals surface area contributed by atoms with Crippen LogP contribution in [-0.4, -0.2) is 63.9 Å². The van der Waals surface area contributed by atoms with Crippen LogP contribution in [0.1, 0.15) is 17.5 Å². The van der Waals surface area contributed by atoms with Crippen LogP contribution >= 0.6 is 24.0 Å². The molecule has 1 aliphatic rings. The lowest BCUT2D eigenvalue weighted by Gasteiger charge is -2.16. The predicted octanol–water partition coefficient (Wildman–Crippen LogP) is 2.08. The van der Waals surface area contributed by atoms with Gasteiger partial charge in [-0.15, -0.1) is 24.0 Å². The van der Waals surface area contributed by atoms with E-state index in [1.807, 2.05) is 0 Å². The quantitative estimate of drug-likeness (QED) is 0.295. The summed E-state index contributed by atoms with van der Waals surface area (Å²) in [6.07, 6.45) is -3.67. The highest BCUT2D eigenvalue weighted by atomic mass is 127. The molecule has 166 valence electrons. The SMILES string of the molecule is CN=C(NCCN1CCCS1(=O)=O)NCc1ccc(COCC(F)(F)F)cc1.I. The van der Waals surface area contributed by atoms with E-state index in [0.29, 0.717) is 44.1 Å². The van der Waals surface area contributed by atoms with E-state index in [1.54, 1.807) is 31.3 Å². The fourth-order valence-electron chi connectivity index (χ4n) is 2.69. The van der Waals surface area contributed by atoms with E-state index in [1.165, 1.54) is 4.31 Å². The highest BCUT2D eigenvalue weighted by molar-refractivity contribution is 14.0. The third kappa shape index (κ3) is 9.49. The molecular weight excluding hydrogens is 524 g/mol. The van der Waals surface area contributed by atoms with E-state index in [4.69, 9.17) is 0 Å². The Bertz CT molecular complexity index is 758. The maximum absolute atomic E-state index is 12.1. The van der Waals surface area contributed by atoms with Crippen molar-refractivity contribution in [1.82, 2.24) is 14.9 Å². The Morgan fingerprint density at radius 3 is 2.41 bits per heavy atom. The molecule has 2 N–H and O–H groups in total. The molecule has 12 heteroatoms. The molecule has 0 atom stereocenters. The maximum Gasteiger partial charge on any atom is 0.411 e. The zero-order valence-electron chi connectivity index (χ0n) is 16.0. The Kier molecular flexibility index (Phi) is 10.6. The fraction of sp³-hybridized carbons (Fsp3) is 0.588. The summed E-state index contributed by atoms with van der Waals surface area (Å²) in [4.78, 5) is 4.08.